The molecule has 8 heteroatoms. The second-order valence-corrected chi connectivity index (χ2v) is 10.3. The van der Waals surface area contributed by atoms with Crippen LogP contribution in [0.2, 0.25) is 0 Å². The molecular formula is C26H38N6O2. The van der Waals surface area contributed by atoms with E-state index in [1.807, 2.05) is 10.7 Å². The first-order valence-corrected chi connectivity index (χ1v) is 12.5. The Morgan fingerprint density at radius 3 is 2.68 bits per heavy atom. The molecule has 2 aromatic heterocycles. The number of H-pyrrole nitrogens is 1. The van der Waals surface area contributed by atoms with E-state index in [0.29, 0.717) is 6.54 Å². The summed E-state index contributed by atoms with van der Waals surface area (Å²) < 4.78 is 7.95. The number of benzene rings is 1. The summed E-state index contributed by atoms with van der Waals surface area (Å²) in [6.07, 6.45) is 4.00. The van der Waals surface area contributed by atoms with Gasteiger partial charge in [-0.2, -0.15) is 0 Å². The van der Waals surface area contributed by atoms with Crippen molar-refractivity contribution in [3.63, 3.8) is 0 Å². The number of aromatic amines is 1. The molecule has 1 N–H and O–H groups in total. The highest BCUT2D eigenvalue weighted by atomic mass is 16.5. The largest absolute Gasteiger partial charge is 0.377 e. The molecule has 0 amide bonds. The van der Waals surface area contributed by atoms with Gasteiger partial charge >= 0.3 is 0 Å². The van der Waals surface area contributed by atoms with Gasteiger partial charge in [-0.1, -0.05) is 13.8 Å². The summed E-state index contributed by atoms with van der Waals surface area (Å²) in [5.74, 6) is 0.844. The molecule has 1 aliphatic heterocycles. The fourth-order valence-electron chi connectivity index (χ4n) is 4.80. The fourth-order valence-corrected chi connectivity index (χ4v) is 4.80. The van der Waals surface area contributed by atoms with Crippen molar-refractivity contribution < 1.29 is 4.74 Å². The summed E-state index contributed by atoms with van der Waals surface area (Å²) in [6, 6.07) is 6.21. The molecule has 8 nitrogen and oxygen atoms in total. The zero-order valence-electron chi connectivity index (χ0n) is 21.4. The van der Waals surface area contributed by atoms with Gasteiger partial charge in [-0.3, -0.25) is 9.69 Å². The number of rotatable bonds is 9. The van der Waals surface area contributed by atoms with Crippen LogP contribution in [-0.2, 0) is 16.8 Å². The summed E-state index contributed by atoms with van der Waals surface area (Å²) in [5.41, 5.74) is 3.78. The molecule has 0 saturated carbocycles. The summed E-state index contributed by atoms with van der Waals surface area (Å²) in [7, 11) is 0. The normalized spacial score (nSPS) is 17.7. The van der Waals surface area contributed by atoms with E-state index in [0.717, 1.165) is 61.1 Å². The van der Waals surface area contributed by atoms with Crippen molar-refractivity contribution in [1.29, 1.82) is 0 Å². The molecule has 1 aromatic carbocycles. The van der Waals surface area contributed by atoms with Gasteiger partial charge in [0.15, 0.2) is 5.82 Å². The van der Waals surface area contributed by atoms with Crippen molar-refractivity contribution in [3.05, 3.63) is 51.1 Å². The average Bonchev–Trinajstić information content (AvgIpc) is 3.49. The Bertz CT molecular complexity index is 1190. The van der Waals surface area contributed by atoms with Crippen LogP contribution in [0.25, 0.3) is 10.9 Å². The lowest BCUT2D eigenvalue weighted by Gasteiger charge is -2.34. The highest BCUT2D eigenvalue weighted by Gasteiger charge is 2.32. The van der Waals surface area contributed by atoms with Gasteiger partial charge in [0.05, 0.1) is 17.7 Å². The second-order valence-electron chi connectivity index (χ2n) is 10.3. The van der Waals surface area contributed by atoms with Crippen molar-refractivity contribution in [2.75, 3.05) is 13.2 Å². The summed E-state index contributed by atoms with van der Waals surface area (Å²) >= 11 is 0. The predicted octanol–water partition coefficient (Wildman–Crippen LogP) is 4.41. The molecule has 1 aliphatic rings. The molecule has 0 bridgehead atoms. The first kappa shape index (κ1) is 24.5. The zero-order valence-corrected chi connectivity index (χ0v) is 21.4. The lowest BCUT2D eigenvalue weighted by Crippen LogP contribution is -2.39. The maximum absolute atomic E-state index is 13.1. The van der Waals surface area contributed by atoms with Crippen LogP contribution in [0.3, 0.4) is 0 Å². The zero-order chi connectivity index (χ0) is 24.5. The van der Waals surface area contributed by atoms with E-state index >= 15 is 0 Å². The maximum Gasteiger partial charge on any atom is 0.252 e. The third kappa shape index (κ3) is 4.93. The van der Waals surface area contributed by atoms with Crippen molar-refractivity contribution in [3.8, 4) is 0 Å². The number of pyridine rings is 1. The van der Waals surface area contributed by atoms with Gasteiger partial charge in [0.2, 0.25) is 0 Å². The van der Waals surface area contributed by atoms with Crippen LogP contribution in [0.1, 0.15) is 81.9 Å². The molecule has 2 atom stereocenters. The summed E-state index contributed by atoms with van der Waals surface area (Å²) in [6.45, 7) is 14.8. The summed E-state index contributed by atoms with van der Waals surface area (Å²) in [4.78, 5) is 18.6. The van der Waals surface area contributed by atoms with E-state index in [9.17, 15) is 4.79 Å². The molecule has 4 rings (SSSR count). The summed E-state index contributed by atoms with van der Waals surface area (Å²) in [5, 5.41) is 13.9. The third-order valence-electron chi connectivity index (χ3n) is 7.43. The number of tetrazole rings is 1. The Morgan fingerprint density at radius 1 is 1.24 bits per heavy atom. The Balaban J connectivity index is 1.73. The SMILES string of the molecule is CC[C@@H](c1nnnn1C(C)(C)CC)N(Cc1cc2cc(C)c(C)cc2[nH]c1=O)C[C@@H]1CCCO1. The number of nitrogens with one attached hydrogen (secondary N) is 1. The van der Waals surface area contributed by atoms with E-state index in [2.05, 4.69) is 79.1 Å². The lowest BCUT2D eigenvalue weighted by atomic mass is 10.0. The molecule has 0 aliphatic carbocycles. The van der Waals surface area contributed by atoms with Crippen LogP contribution >= 0.6 is 0 Å². The van der Waals surface area contributed by atoms with E-state index < -0.39 is 0 Å². The van der Waals surface area contributed by atoms with Crippen molar-refractivity contribution in [2.45, 2.75) is 91.5 Å². The Hall–Kier alpha value is -2.58. The van der Waals surface area contributed by atoms with Gasteiger partial charge < -0.3 is 9.72 Å². The number of fused-ring (bicyclic) bond motifs is 1. The smallest absolute Gasteiger partial charge is 0.252 e. The van der Waals surface area contributed by atoms with E-state index in [4.69, 9.17) is 4.74 Å². The average molecular weight is 467 g/mol. The molecule has 0 radical (unpaired) electrons. The van der Waals surface area contributed by atoms with Gasteiger partial charge in [0.25, 0.3) is 5.56 Å². The van der Waals surface area contributed by atoms with E-state index in [-0.39, 0.29) is 23.2 Å². The first-order valence-electron chi connectivity index (χ1n) is 12.5. The van der Waals surface area contributed by atoms with Crippen LogP contribution in [0.4, 0.5) is 0 Å². The Kier molecular flexibility index (Phi) is 7.19. The number of hydrogen-bond donors (Lipinski definition) is 1. The molecule has 184 valence electrons. The number of nitrogens with zero attached hydrogens (tertiary/aromatic N) is 5. The lowest BCUT2D eigenvalue weighted by molar-refractivity contribution is 0.0475. The highest BCUT2D eigenvalue weighted by molar-refractivity contribution is 5.80. The van der Waals surface area contributed by atoms with Crippen molar-refractivity contribution >= 4 is 10.9 Å². The first-order chi connectivity index (χ1) is 16.2. The monoisotopic (exact) mass is 466 g/mol. The standard InChI is InChI=1S/C26H38N6O2/c1-7-23(24-28-29-30-32(24)26(5,6)8-2)31(16-21-10-9-11-34-21)15-20-14-19-12-17(3)18(4)13-22(19)27-25(20)33/h12-14,21,23H,7-11,15-16H2,1-6H3,(H,27,33)/t21-,23-/m0/s1. The second kappa shape index (κ2) is 9.96. The molecule has 3 heterocycles. The molecular weight excluding hydrogens is 428 g/mol. The van der Waals surface area contributed by atoms with E-state index in [1.165, 1.54) is 11.1 Å². The Labute approximate surface area is 201 Å². The highest BCUT2D eigenvalue weighted by Crippen LogP contribution is 2.30. The molecule has 0 spiro atoms. The number of ether oxygens (including phenoxy) is 1. The third-order valence-corrected chi connectivity index (χ3v) is 7.43. The quantitative estimate of drug-likeness (QED) is 0.503. The maximum atomic E-state index is 13.1. The van der Waals surface area contributed by atoms with Crippen LogP contribution in [0, 0.1) is 13.8 Å². The fraction of sp³-hybridized carbons (Fsp3) is 0.615. The van der Waals surface area contributed by atoms with Gasteiger partial charge in [0.1, 0.15) is 0 Å². The number of aromatic nitrogens is 5. The minimum Gasteiger partial charge on any atom is -0.377 e. The molecule has 1 fully saturated rings. The van der Waals surface area contributed by atoms with Gasteiger partial charge in [-0.15, -0.1) is 5.10 Å². The number of aryl methyl sites for hydroxylation is 2. The van der Waals surface area contributed by atoms with Gasteiger partial charge in [-0.05, 0) is 98.5 Å². The molecule has 34 heavy (non-hydrogen) atoms. The minimum absolute atomic E-state index is 0.0279. The number of hydrogen-bond acceptors (Lipinski definition) is 6. The predicted molar refractivity (Wildman–Crippen MR) is 134 cm³/mol. The van der Waals surface area contributed by atoms with Crippen LogP contribution in [-0.4, -0.2) is 49.3 Å². The van der Waals surface area contributed by atoms with Gasteiger partial charge in [0, 0.05) is 30.8 Å². The molecule has 3 aromatic rings. The van der Waals surface area contributed by atoms with Crippen LogP contribution < -0.4 is 5.56 Å². The van der Waals surface area contributed by atoms with Crippen LogP contribution in [0.5, 0.6) is 0 Å². The van der Waals surface area contributed by atoms with Gasteiger partial charge in [-0.25, -0.2) is 4.68 Å². The topological polar surface area (TPSA) is 88.9 Å². The minimum atomic E-state index is -0.197. The van der Waals surface area contributed by atoms with Crippen molar-refractivity contribution in [1.82, 2.24) is 30.1 Å². The molecule has 0 unspecified atom stereocenters. The van der Waals surface area contributed by atoms with E-state index in [1.54, 1.807) is 0 Å². The van der Waals surface area contributed by atoms with Crippen LogP contribution in [0.15, 0.2) is 23.0 Å². The Morgan fingerprint density at radius 2 is 2.00 bits per heavy atom. The van der Waals surface area contributed by atoms with Crippen molar-refractivity contribution in [2.24, 2.45) is 0 Å². The molecule has 1 saturated heterocycles.